The molecule has 0 heteroatoms. The van der Waals surface area contributed by atoms with Crippen molar-refractivity contribution in [2.75, 3.05) is 0 Å². The van der Waals surface area contributed by atoms with Crippen LogP contribution in [0.25, 0.3) is 5.57 Å². The summed E-state index contributed by atoms with van der Waals surface area (Å²) in [6, 6.07) is 8.63. The van der Waals surface area contributed by atoms with Crippen LogP contribution in [-0.2, 0) is 5.41 Å². The van der Waals surface area contributed by atoms with Crippen LogP contribution in [0.15, 0.2) is 54.6 Å². The van der Waals surface area contributed by atoms with Gasteiger partial charge in [-0.3, -0.25) is 0 Å². The van der Waals surface area contributed by atoms with Crippen molar-refractivity contribution in [3.05, 3.63) is 65.8 Å². The molecule has 0 N–H and O–H groups in total. The minimum atomic E-state index is 0. The number of hydrogen-bond donors (Lipinski definition) is 0. The van der Waals surface area contributed by atoms with Crippen molar-refractivity contribution in [2.45, 2.75) is 33.6 Å². The van der Waals surface area contributed by atoms with E-state index in [0.29, 0.717) is 0 Å². The highest BCUT2D eigenvalue weighted by Gasteiger charge is 2.34. The number of hydrogen-bond acceptors (Lipinski definition) is 0. The summed E-state index contributed by atoms with van der Waals surface area (Å²) in [6.07, 6.45) is 6.27. The van der Waals surface area contributed by atoms with Crippen LogP contribution >= 0.6 is 0 Å². The predicted octanol–water partition coefficient (Wildman–Crippen LogP) is 5.13. The lowest BCUT2D eigenvalue weighted by Gasteiger charge is -2.22. The van der Waals surface area contributed by atoms with E-state index >= 15 is 0 Å². The second-order valence-corrected chi connectivity index (χ2v) is 4.70. The van der Waals surface area contributed by atoms with E-state index in [1.165, 1.54) is 22.3 Å². The number of allylic oxidation sites excluding steroid dienone is 5. The fourth-order valence-electron chi connectivity index (χ4n) is 2.60. The molecule has 0 bridgehead atoms. The molecule has 1 aliphatic rings. The molecule has 90 valence electrons. The molecule has 2 rings (SSSR count). The minimum absolute atomic E-state index is 0. The summed E-state index contributed by atoms with van der Waals surface area (Å²) in [5.74, 6) is 0. The molecule has 1 aliphatic carbocycles. The van der Waals surface area contributed by atoms with Gasteiger partial charge in [0.25, 0.3) is 0 Å². The highest BCUT2D eigenvalue weighted by molar-refractivity contribution is 5.87. The zero-order valence-electron chi connectivity index (χ0n) is 10.2. The Morgan fingerprint density at radius 1 is 1.18 bits per heavy atom. The Balaban J connectivity index is 0.00000144. The molecule has 0 fully saturated rings. The van der Waals surface area contributed by atoms with Gasteiger partial charge in [-0.2, -0.15) is 0 Å². The maximum absolute atomic E-state index is 3.96. The number of rotatable bonds is 2. The van der Waals surface area contributed by atoms with Crippen molar-refractivity contribution in [1.82, 2.24) is 0 Å². The molecule has 0 saturated carbocycles. The van der Waals surface area contributed by atoms with Gasteiger partial charge in [0.05, 0.1) is 0 Å². The minimum Gasteiger partial charge on any atom is -0.0987 e. The first kappa shape index (κ1) is 13.5. The molecule has 1 aromatic carbocycles. The van der Waals surface area contributed by atoms with Crippen molar-refractivity contribution in [2.24, 2.45) is 0 Å². The molecule has 0 spiro atoms. The monoisotopic (exact) mass is 226 g/mol. The van der Waals surface area contributed by atoms with E-state index in [1.807, 2.05) is 6.08 Å². The van der Waals surface area contributed by atoms with Crippen molar-refractivity contribution < 1.29 is 0 Å². The molecule has 0 heterocycles. The van der Waals surface area contributed by atoms with Gasteiger partial charge >= 0.3 is 0 Å². The fourth-order valence-corrected chi connectivity index (χ4v) is 2.60. The Kier molecular flexibility index (Phi) is 3.77. The highest BCUT2D eigenvalue weighted by atomic mass is 14.4. The van der Waals surface area contributed by atoms with Gasteiger partial charge in [-0.05, 0) is 29.2 Å². The maximum atomic E-state index is 3.96. The molecule has 0 saturated heterocycles. The van der Waals surface area contributed by atoms with E-state index in [1.54, 1.807) is 0 Å². The standard InChI is InChI=1S/C16H18.CH4/c1-5-9-12-13-10-7-8-11-15(13)16(3,4)14(12)6-2;/h5-11H,2H2,1,3-4H3;1H4/b9-5-;. The molecule has 1 aromatic rings. The lowest BCUT2D eigenvalue weighted by molar-refractivity contribution is 0.654. The summed E-state index contributed by atoms with van der Waals surface area (Å²) < 4.78 is 0. The summed E-state index contributed by atoms with van der Waals surface area (Å²) in [5.41, 5.74) is 5.47. The zero-order valence-corrected chi connectivity index (χ0v) is 10.2. The van der Waals surface area contributed by atoms with E-state index in [0.717, 1.165) is 0 Å². The Labute approximate surface area is 105 Å². The van der Waals surface area contributed by atoms with Gasteiger partial charge in [-0.1, -0.05) is 70.3 Å². The largest absolute Gasteiger partial charge is 0.0987 e. The molecular formula is C17H22. The first-order valence-corrected chi connectivity index (χ1v) is 5.72. The summed E-state index contributed by atoms with van der Waals surface area (Å²) in [7, 11) is 0. The lowest BCUT2D eigenvalue weighted by Crippen LogP contribution is -2.15. The number of benzene rings is 1. The molecule has 0 aromatic heterocycles. The molecule has 0 aliphatic heterocycles. The quantitative estimate of drug-likeness (QED) is 0.656. The zero-order chi connectivity index (χ0) is 11.8. The summed E-state index contributed by atoms with van der Waals surface area (Å²) in [6.45, 7) is 10.5. The third-order valence-corrected chi connectivity index (χ3v) is 3.39. The van der Waals surface area contributed by atoms with Crippen LogP contribution in [0.1, 0.15) is 39.3 Å². The van der Waals surface area contributed by atoms with Gasteiger partial charge < -0.3 is 0 Å². The third-order valence-electron chi connectivity index (χ3n) is 3.39. The third kappa shape index (κ3) is 1.88. The second-order valence-electron chi connectivity index (χ2n) is 4.70. The van der Waals surface area contributed by atoms with Gasteiger partial charge in [0.15, 0.2) is 0 Å². The van der Waals surface area contributed by atoms with E-state index in [9.17, 15) is 0 Å². The van der Waals surface area contributed by atoms with Crippen molar-refractivity contribution in [3.8, 4) is 0 Å². The molecule has 0 radical (unpaired) electrons. The van der Waals surface area contributed by atoms with E-state index in [2.05, 4.69) is 63.8 Å². The Morgan fingerprint density at radius 2 is 1.82 bits per heavy atom. The average Bonchev–Trinajstić information content (AvgIpc) is 2.49. The van der Waals surface area contributed by atoms with Crippen LogP contribution in [0.5, 0.6) is 0 Å². The molecule has 0 nitrogen and oxygen atoms in total. The van der Waals surface area contributed by atoms with E-state index in [4.69, 9.17) is 0 Å². The predicted molar refractivity (Wildman–Crippen MR) is 78.1 cm³/mol. The van der Waals surface area contributed by atoms with Gasteiger partial charge in [-0.25, -0.2) is 0 Å². The first-order chi connectivity index (χ1) is 7.62. The molecule has 0 amide bonds. The molecule has 0 unspecified atom stereocenters. The van der Waals surface area contributed by atoms with E-state index < -0.39 is 0 Å². The van der Waals surface area contributed by atoms with Crippen molar-refractivity contribution >= 4 is 5.57 Å². The Morgan fingerprint density at radius 3 is 2.41 bits per heavy atom. The average molecular weight is 226 g/mol. The highest BCUT2D eigenvalue weighted by Crippen LogP contribution is 2.46. The van der Waals surface area contributed by atoms with Gasteiger partial charge in [0.2, 0.25) is 0 Å². The molecular weight excluding hydrogens is 204 g/mol. The van der Waals surface area contributed by atoms with Crippen LogP contribution < -0.4 is 0 Å². The van der Waals surface area contributed by atoms with Crippen LogP contribution in [0.3, 0.4) is 0 Å². The smallest absolute Gasteiger partial charge is 0.0158 e. The van der Waals surface area contributed by atoms with Crippen molar-refractivity contribution in [3.63, 3.8) is 0 Å². The van der Waals surface area contributed by atoms with Crippen LogP contribution in [0, 0.1) is 0 Å². The van der Waals surface area contributed by atoms with Gasteiger partial charge in [0.1, 0.15) is 0 Å². The Hall–Kier alpha value is -1.56. The molecule has 0 atom stereocenters. The van der Waals surface area contributed by atoms with E-state index in [-0.39, 0.29) is 12.8 Å². The van der Waals surface area contributed by atoms with Crippen LogP contribution in [-0.4, -0.2) is 0 Å². The number of fused-ring (bicyclic) bond motifs is 1. The Bertz CT molecular complexity index is 485. The van der Waals surface area contributed by atoms with Gasteiger partial charge in [-0.15, -0.1) is 0 Å². The fraction of sp³-hybridized carbons (Fsp3) is 0.294. The lowest BCUT2D eigenvalue weighted by atomic mass is 9.81. The normalized spacial score (nSPS) is 16.9. The summed E-state index contributed by atoms with van der Waals surface area (Å²) in [5, 5.41) is 0. The molecule has 17 heavy (non-hydrogen) atoms. The van der Waals surface area contributed by atoms with Crippen LogP contribution in [0.4, 0.5) is 0 Å². The second kappa shape index (κ2) is 4.75. The maximum Gasteiger partial charge on any atom is 0.0158 e. The summed E-state index contributed by atoms with van der Waals surface area (Å²) in [4.78, 5) is 0. The van der Waals surface area contributed by atoms with Crippen molar-refractivity contribution in [1.29, 1.82) is 0 Å². The van der Waals surface area contributed by atoms with Gasteiger partial charge in [0, 0.05) is 5.41 Å². The van der Waals surface area contributed by atoms with Crippen LogP contribution in [0.2, 0.25) is 0 Å². The topological polar surface area (TPSA) is 0 Å². The SMILES string of the molecule is C.C=CC1=C(/C=C\C)c2ccccc2C1(C)C. The first-order valence-electron chi connectivity index (χ1n) is 5.72. The summed E-state index contributed by atoms with van der Waals surface area (Å²) >= 11 is 0.